The molecule has 0 radical (unpaired) electrons. The van der Waals surface area contributed by atoms with Crippen molar-refractivity contribution in [2.24, 2.45) is 0 Å². The lowest BCUT2D eigenvalue weighted by Gasteiger charge is -1.94. The maximum Gasteiger partial charge on any atom is 0.177 e. The maximum absolute atomic E-state index is 11.1. The molecule has 0 heterocycles. The summed E-state index contributed by atoms with van der Waals surface area (Å²) in [6, 6.07) is 6.91. The third kappa shape index (κ3) is 2.77. The fourth-order valence-corrected chi connectivity index (χ4v) is 1.72. The molecule has 0 aliphatic heterocycles. The molecule has 0 aromatic heterocycles. The van der Waals surface area contributed by atoms with E-state index in [0.29, 0.717) is 4.90 Å². The molecule has 0 spiro atoms. The van der Waals surface area contributed by atoms with Crippen molar-refractivity contribution in [1.82, 2.24) is 0 Å². The van der Waals surface area contributed by atoms with Crippen LogP contribution >= 0.6 is 0 Å². The Balaban J connectivity index is 2.94. The van der Waals surface area contributed by atoms with Gasteiger partial charge in [0.05, 0.1) is 4.90 Å². The summed E-state index contributed by atoms with van der Waals surface area (Å²) in [7, 11) is -3.05. The highest BCUT2D eigenvalue weighted by molar-refractivity contribution is 7.90. The average Bonchev–Trinajstić information content (AvgIpc) is 2.04. The van der Waals surface area contributed by atoms with E-state index in [1.165, 1.54) is 6.26 Å². The van der Waals surface area contributed by atoms with E-state index in [0.717, 1.165) is 12.0 Å². The van der Waals surface area contributed by atoms with Crippen LogP contribution in [-0.4, -0.2) is 14.7 Å². The van der Waals surface area contributed by atoms with Crippen LogP contribution in [0.5, 0.6) is 0 Å². The second-order valence-electron chi connectivity index (χ2n) is 2.95. The predicted octanol–water partition coefficient (Wildman–Crippen LogP) is 2.05. The summed E-state index contributed by atoms with van der Waals surface area (Å²) >= 11 is 0. The SMILES string of the molecule is CC[CH+]c1ccc(S(C)(=O)=O)cc1. The molecule has 0 amide bonds. The van der Waals surface area contributed by atoms with Crippen LogP contribution in [0, 0.1) is 6.42 Å². The van der Waals surface area contributed by atoms with Crippen molar-refractivity contribution in [1.29, 1.82) is 0 Å². The quantitative estimate of drug-likeness (QED) is 0.695. The minimum absolute atomic E-state index is 0.376. The van der Waals surface area contributed by atoms with Gasteiger partial charge in [0.15, 0.2) is 9.84 Å². The lowest BCUT2D eigenvalue weighted by Crippen LogP contribution is -1.96. The molecule has 0 saturated carbocycles. The van der Waals surface area contributed by atoms with Crippen LogP contribution in [0.15, 0.2) is 29.2 Å². The first kappa shape index (κ1) is 10.1. The zero-order valence-electron chi connectivity index (χ0n) is 7.82. The summed E-state index contributed by atoms with van der Waals surface area (Å²) in [5.41, 5.74) is 1.06. The van der Waals surface area contributed by atoms with Crippen LogP contribution in [0.1, 0.15) is 18.9 Å². The smallest absolute Gasteiger partial charge is 0.177 e. The standard InChI is InChI=1S/C10H13O2S/c1-3-4-9-5-7-10(8-6-9)13(2,11)12/h4-8H,3H2,1-2H3/q+1. The van der Waals surface area contributed by atoms with E-state index in [1.54, 1.807) is 12.1 Å². The molecule has 0 fully saturated rings. The first-order valence-electron chi connectivity index (χ1n) is 4.17. The van der Waals surface area contributed by atoms with E-state index in [1.807, 2.05) is 25.5 Å². The highest BCUT2D eigenvalue weighted by Crippen LogP contribution is 2.12. The van der Waals surface area contributed by atoms with Crippen LogP contribution in [0.2, 0.25) is 0 Å². The lowest BCUT2D eigenvalue weighted by atomic mass is 10.1. The predicted molar refractivity (Wildman–Crippen MR) is 53.2 cm³/mol. The van der Waals surface area contributed by atoms with Gasteiger partial charge in [-0.25, -0.2) is 8.42 Å². The third-order valence-electron chi connectivity index (χ3n) is 1.75. The van der Waals surface area contributed by atoms with Gasteiger partial charge < -0.3 is 0 Å². The van der Waals surface area contributed by atoms with E-state index in [2.05, 4.69) is 0 Å². The molecular weight excluding hydrogens is 184 g/mol. The highest BCUT2D eigenvalue weighted by atomic mass is 32.2. The normalized spacial score (nSPS) is 11.2. The van der Waals surface area contributed by atoms with Gasteiger partial charge in [-0.05, 0) is 0 Å². The van der Waals surface area contributed by atoms with Gasteiger partial charge in [0.25, 0.3) is 0 Å². The Bertz CT molecular complexity index is 362. The molecule has 0 N–H and O–H groups in total. The molecule has 0 bridgehead atoms. The van der Waals surface area contributed by atoms with Crippen LogP contribution in [0.25, 0.3) is 0 Å². The van der Waals surface area contributed by atoms with Crippen molar-refractivity contribution in [3.63, 3.8) is 0 Å². The summed E-state index contributed by atoms with van der Waals surface area (Å²) in [6.07, 6.45) is 4.22. The molecule has 0 atom stereocenters. The van der Waals surface area contributed by atoms with Gasteiger partial charge in [0.2, 0.25) is 0 Å². The van der Waals surface area contributed by atoms with Crippen molar-refractivity contribution >= 4 is 9.84 Å². The topological polar surface area (TPSA) is 34.1 Å². The Morgan fingerprint density at radius 2 is 1.77 bits per heavy atom. The van der Waals surface area contributed by atoms with Crippen molar-refractivity contribution in [3.05, 3.63) is 36.2 Å². The molecule has 13 heavy (non-hydrogen) atoms. The monoisotopic (exact) mass is 197 g/mol. The van der Waals surface area contributed by atoms with E-state index < -0.39 is 9.84 Å². The van der Waals surface area contributed by atoms with Crippen LogP contribution in [-0.2, 0) is 9.84 Å². The summed E-state index contributed by atoms with van der Waals surface area (Å²) in [4.78, 5) is 0.376. The lowest BCUT2D eigenvalue weighted by molar-refractivity contribution is 0.602. The first-order valence-corrected chi connectivity index (χ1v) is 6.06. The summed E-state index contributed by atoms with van der Waals surface area (Å²) < 4.78 is 22.2. The van der Waals surface area contributed by atoms with Crippen molar-refractivity contribution in [2.75, 3.05) is 6.26 Å². The average molecular weight is 197 g/mol. The molecule has 0 aliphatic carbocycles. The Morgan fingerprint density at radius 3 is 2.15 bits per heavy atom. The Morgan fingerprint density at radius 1 is 1.23 bits per heavy atom. The van der Waals surface area contributed by atoms with Crippen LogP contribution < -0.4 is 0 Å². The first-order chi connectivity index (χ1) is 6.04. The van der Waals surface area contributed by atoms with Crippen LogP contribution in [0.4, 0.5) is 0 Å². The summed E-state index contributed by atoms with van der Waals surface area (Å²) in [5, 5.41) is 0. The Hall–Kier alpha value is -0.960. The van der Waals surface area contributed by atoms with Gasteiger partial charge in [-0.3, -0.25) is 0 Å². The summed E-state index contributed by atoms with van der Waals surface area (Å²) in [5.74, 6) is 0. The van der Waals surface area contributed by atoms with E-state index in [-0.39, 0.29) is 0 Å². The molecule has 3 heteroatoms. The Labute approximate surface area is 79.5 Å². The Kier molecular flexibility index (Phi) is 2.98. The van der Waals surface area contributed by atoms with E-state index in [9.17, 15) is 8.42 Å². The number of benzene rings is 1. The number of rotatable bonds is 3. The van der Waals surface area contributed by atoms with Crippen molar-refractivity contribution < 1.29 is 8.42 Å². The van der Waals surface area contributed by atoms with E-state index in [4.69, 9.17) is 0 Å². The molecule has 1 rings (SSSR count). The van der Waals surface area contributed by atoms with Gasteiger partial charge in [-0.1, -0.05) is 6.92 Å². The molecule has 1 aromatic carbocycles. The molecule has 0 saturated heterocycles. The van der Waals surface area contributed by atoms with Gasteiger partial charge in [0, 0.05) is 43.4 Å². The minimum Gasteiger partial charge on any atom is -0.224 e. The van der Waals surface area contributed by atoms with Gasteiger partial charge in [0.1, 0.15) is 5.56 Å². The highest BCUT2D eigenvalue weighted by Gasteiger charge is 2.09. The van der Waals surface area contributed by atoms with E-state index >= 15 is 0 Å². The fourth-order valence-electron chi connectivity index (χ4n) is 1.09. The van der Waals surface area contributed by atoms with Crippen molar-refractivity contribution in [2.45, 2.75) is 18.2 Å². The third-order valence-corrected chi connectivity index (χ3v) is 2.88. The largest absolute Gasteiger partial charge is 0.224 e. The van der Waals surface area contributed by atoms with Gasteiger partial charge in [-0.2, -0.15) is 0 Å². The zero-order chi connectivity index (χ0) is 9.90. The second-order valence-corrected chi connectivity index (χ2v) is 4.97. The molecule has 70 valence electrons. The fraction of sp³-hybridized carbons (Fsp3) is 0.300. The number of hydrogen-bond donors (Lipinski definition) is 0. The number of sulfone groups is 1. The zero-order valence-corrected chi connectivity index (χ0v) is 8.64. The molecule has 2 nitrogen and oxygen atoms in total. The second kappa shape index (κ2) is 3.83. The minimum atomic E-state index is -3.05. The van der Waals surface area contributed by atoms with Crippen molar-refractivity contribution in [3.8, 4) is 0 Å². The molecule has 0 unspecified atom stereocenters. The van der Waals surface area contributed by atoms with Gasteiger partial charge >= 0.3 is 0 Å². The maximum atomic E-state index is 11.1. The molecule has 1 aromatic rings. The number of hydrogen-bond acceptors (Lipinski definition) is 2. The van der Waals surface area contributed by atoms with Crippen LogP contribution in [0.3, 0.4) is 0 Å². The molecular formula is C10H13O2S+. The summed E-state index contributed by atoms with van der Waals surface area (Å²) in [6.45, 7) is 2.05. The van der Waals surface area contributed by atoms with Gasteiger partial charge in [-0.15, -0.1) is 0 Å². The molecule has 0 aliphatic rings.